The molecule has 0 bridgehead atoms. The summed E-state index contributed by atoms with van der Waals surface area (Å²) < 4.78 is 25.2. The summed E-state index contributed by atoms with van der Waals surface area (Å²) in [5.74, 6) is 0.135. The third-order valence-corrected chi connectivity index (χ3v) is 19.1. The minimum Gasteiger partial charge on any atom is -0.444 e. The summed E-state index contributed by atoms with van der Waals surface area (Å²) in [7, 11) is -5.26. The topological polar surface area (TPSA) is 114 Å². The second kappa shape index (κ2) is 11.8. The molecule has 11 heteroatoms. The van der Waals surface area contributed by atoms with Crippen LogP contribution in [0.25, 0.3) is 0 Å². The summed E-state index contributed by atoms with van der Waals surface area (Å²) >= 11 is 1.49. The molecule has 1 aromatic carbocycles. The number of amides is 1. The number of nitrogens with zero attached hydrogens (tertiary/aromatic N) is 3. The molecule has 3 unspecified atom stereocenters. The Hall–Kier alpha value is -2.30. The van der Waals surface area contributed by atoms with E-state index in [0.717, 1.165) is 66.6 Å². The molecule has 240 valence electrons. The molecule has 8 nitrogen and oxygen atoms in total. The summed E-state index contributed by atoms with van der Waals surface area (Å²) in [6, 6.07) is 4.25. The molecule has 44 heavy (non-hydrogen) atoms. The zero-order chi connectivity index (χ0) is 32.2. The first-order valence-corrected chi connectivity index (χ1v) is 21.2. The monoisotopic (exact) mass is 656 g/mol. The molecule has 0 aliphatic heterocycles. The van der Waals surface area contributed by atoms with Gasteiger partial charge in [0, 0.05) is 29.8 Å². The van der Waals surface area contributed by atoms with E-state index >= 15 is 0 Å². The van der Waals surface area contributed by atoms with Gasteiger partial charge in [-0.3, -0.25) is 4.03 Å². The van der Waals surface area contributed by atoms with Gasteiger partial charge in [-0.2, -0.15) is 4.99 Å². The van der Waals surface area contributed by atoms with Gasteiger partial charge in [-0.05, 0) is 118 Å². The zero-order valence-corrected chi connectivity index (χ0v) is 30.2. The number of rotatable bonds is 6. The Kier molecular flexibility index (Phi) is 8.88. The Bertz CT molecular complexity index is 1640. The lowest BCUT2D eigenvalue weighted by atomic mass is 9.91. The fourth-order valence-corrected chi connectivity index (χ4v) is 13.2. The van der Waals surface area contributed by atoms with Gasteiger partial charge in [-0.15, -0.1) is 11.3 Å². The number of benzene rings is 1. The highest BCUT2D eigenvalue weighted by molar-refractivity contribution is 7.94. The van der Waals surface area contributed by atoms with Gasteiger partial charge in [0.2, 0.25) is 6.08 Å². The van der Waals surface area contributed by atoms with Crippen molar-refractivity contribution in [1.29, 1.82) is 0 Å². The van der Waals surface area contributed by atoms with E-state index in [2.05, 4.69) is 44.9 Å². The van der Waals surface area contributed by atoms with Crippen molar-refractivity contribution in [2.75, 3.05) is 6.54 Å². The van der Waals surface area contributed by atoms with Gasteiger partial charge in [0.1, 0.15) is 19.7 Å². The fourth-order valence-electron chi connectivity index (χ4n) is 6.59. The Morgan fingerprint density at radius 3 is 2.48 bits per heavy atom. The molecule has 2 N–H and O–H groups in total. The number of hydrogen-bond donors (Lipinski definition) is 1. The van der Waals surface area contributed by atoms with Crippen LogP contribution in [-0.4, -0.2) is 47.7 Å². The summed E-state index contributed by atoms with van der Waals surface area (Å²) in [4.78, 5) is 32.4. The maximum atomic E-state index is 13.8. The number of thiophene rings is 1. The first kappa shape index (κ1) is 33.1. The first-order valence-electron chi connectivity index (χ1n) is 15.8. The van der Waals surface area contributed by atoms with Gasteiger partial charge in [-0.1, -0.05) is 26.8 Å². The molecule has 0 fully saturated rings. The van der Waals surface area contributed by atoms with Gasteiger partial charge in [-0.25, -0.2) is 18.9 Å². The molecule has 1 aromatic heterocycles. The molecule has 0 spiro atoms. The SMILES string of the molecule is CC(C)(C)OC(=O)N(CC1CCc2c1cc1c(c2N=C=O)CCC1)C1CCc2cc(S(N)(=O)=N[Si](C)(C)C(C)(C)C)sc2C1. The minimum atomic E-state index is -3.03. The van der Waals surface area contributed by atoms with Gasteiger partial charge in [0.15, 0.2) is 8.24 Å². The predicted octanol–water partition coefficient (Wildman–Crippen LogP) is 7.73. The van der Waals surface area contributed by atoms with E-state index in [1.54, 1.807) is 6.08 Å². The fraction of sp³-hybridized carbons (Fsp3) is 0.636. The third-order valence-electron chi connectivity index (χ3n) is 9.87. The number of aryl methyl sites for hydroxylation is 2. The van der Waals surface area contributed by atoms with Crippen LogP contribution in [0.4, 0.5) is 10.5 Å². The van der Waals surface area contributed by atoms with Crippen LogP contribution >= 0.6 is 11.3 Å². The van der Waals surface area contributed by atoms with E-state index in [-0.39, 0.29) is 23.1 Å². The van der Waals surface area contributed by atoms with Crippen LogP contribution in [0.15, 0.2) is 25.4 Å². The van der Waals surface area contributed by atoms with E-state index in [1.165, 1.54) is 28.0 Å². The molecule has 3 atom stereocenters. The van der Waals surface area contributed by atoms with E-state index in [4.69, 9.17) is 13.9 Å². The lowest BCUT2D eigenvalue weighted by Gasteiger charge is -2.37. The van der Waals surface area contributed by atoms with Gasteiger partial charge < -0.3 is 9.64 Å². The highest BCUT2D eigenvalue weighted by Gasteiger charge is 2.39. The van der Waals surface area contributed by atoms with Gasteiger partial charge >= 0.3 is 6.09 Å². The van der Waals surface area contributed by atoms with Crippen molar-refractivity contribution in [1.82, 2.24) is 4.90 Å². The number of nitrogens with two attached hydrogens (primary N) is 1. The van der Waals surface area contributed by atoms with Crippen molar-refractivity contribution in [3.05, 3.63) is 44.8 Å². The van der Waals surface area contributed by atoms with Crippen molar-refractivity contribution in [2.45, 2.75) is 133 Å². The quantitative estimate of drug-likeness (QED) is 0.195. The van der Waals surface area contributed by atoms with Crippen LogP contribution in [0.5, 0.6) is 0 Å². The molecule has 5 rings (SSSR count). The van der Waals surface area contributed by atoms with Gasteiger partial charge in [0.25, 0.3) is 0 Å². The van der Waals surface area contributed by atoms with Crippen molar-refractivity contribution in [2.24, 2.45) is 14.2 Å². The summed E-state index contributed by atoms with van der Waals surface area (Å²) in [5.41, 5.74) is 6.17. The van der Waals surface area contributed by atoms with Crippen LogP contribution < -0.4 is 5.14 Å². The maximum Gasteiger partial charge on any atom is 0.410 e. The van der Waals surface area contributed by atoms with E-state index in [0.29, 0.717) is 17.2 Å². The highest BCUT2D eigenvalue weighted by Crippen LogP contribution is 2.46. The van der Waals surface area contributed by atoms with E-state index < -0.39 is 23.8 Å². The van der Waals surface area contributed by atoms with E-state index in [1.807, 2.05) is 31.7 Å². The van der Waals surface area contributed by atoms with Crippen molar-refractivity contribution in [3.8, 4) is 0 Å². The van der Waals surface area contributed by atoms with Crippen LogP contribution in [-0.2, 0) is 51.6 Å². The zero-order valence-electron chi connectivity index (χ0n) is 27.5. The highest BCUT2D eigenvalue weighted by atomic mass is 32.2. The average molecular weight is 657 g/mol. The molecule has 2 aromatic rings. The lowest BCUT2D eigenvalue weighted by molar-refractivity contribution is 0.0132. The maximum absolute atomic E-state index is 13.8. The number of ether oxygens (including phenoxy) is 1. The smallest absolute Gasteiger partial charge is 0.410 e. The minimum absolute atomic E-state index is 0.0547. The molecular formula is C33H48N4O4S2Si. The molecule has 3 aliphatic rings. The standard InChI is InChI=1S/C33H48N4O4S2Si/c1-32(2,3)41-31(39)37(19-23-13-15-26-27(23)16-21-10-9-11-25(21)30(26)35-20-38)24-14-12-22-17-29(42-28(22)18-24)43(34,40)36-44(7,8)33(4,5)6/h16-17,23-24H,9-15,18-19H2,1-8H3,(H2,34,36,40). The Labute approximate surface area is 268 Å². The second-order valence-corrected chi connectivity index (χ2v) is 23.6. The number of isocyanates is 1. The summed E-state index contributed by atoms with van der Waals surface area (Å²) in [6.07, 6.45) is 8.46. The summed E-state index contributed by atoms with van der Waals surface area (Å²) in [6.45, 7) is 16.9. The van der Waals surface area contributed by atoms with Crippen LogP contribution in [0.3, 0.4) is 0 Å². The summed E-state index contributed by atoms with van der Waals surface area (Å²) in [5, 5.41) is 6.40. The number of aliphatic imine (C=N–C) groups is 1. The second-order valence-electron chi connectivity index (χ2n) is 15.2. The third kappa shape index (κ3) is 6.63. The van der Waals surface area contributed by atoms with Crippen LogP contribution in [0.1, 0.15) is 99.4 Å². The molecule has 3 aliphatic carbocycles. The Balaban J connectivity index is 1.45. The average Bonchev–Trinajstić information content (AvgIpc) is 3.63. The molecular weight excluding hydrogens is 609 g/mol. The first-order chi connectivity index (χ1) is 20.4. The normalized spacial score (nSPS) is 21.0. The van der Waals surface area contributed by atoms with Crippen molar-refractivity contribution in [3.63, 3.8) is 0 Å². The number of fused-ring (bicyclic) bond motifs is 3. The molecule has 0 radical (unpaired) electrons. The molecule has 0 saturated heterocycles. The van der Waals surface area contributed by atoms with Crippen molar-refractivity contribution >= 4 is 47.3 Å². The van der Waals surface area contributed by atoms with Gasteiger partial charge in [0.05, 0.1) is 5.69 Å². The Morgan fingerprint density at radius 2 is 1.82 bits per heavy atom. The van der Waals surface area contributed by atoms with E-state index in [9.17, 15) is 13.8 Å². The predicted molar refractivity (Wildman–Crippen MR) is 181 cm³/mol. The lowest BCUT2D eigenvalue weighted by Crippen LogP contribution is -2.47. The van der Waals surface area contributed by atoms with Crippen molar-refractivity contribution < 1.29 is 18.5 Å². The molecule has 0 saturated carbocycles. The van der Waals surface area contributed by atoms with Crippen LogP contribution in [0.2, 0.25) is 18.1 Å². The number of carbonyl (C=O) groups is 1. The number of carbonyl (C=O) groups excluding carboxylic acids is 2. The number of hydrogen-bond acceptors (Lipinski definition) is 7. The Morgan fingerprint density at radius 1 is 1.09 bits per heavy atom. The molecule has 1 heterocycles. The largest absolute Gasteiger partial charge is 0.444 e. The molecule has 1 amide bonds. The van der Waals surface area contributed by atoms with Crippen LogP contribution in [0, 0.1) is 0 Å².